The molecule has 0 bridgehead atoms. The molecule has 0 amide bonds. The number of halogens is 2. The molecule has 1 rings (SSSR count). The number of hydrogen-bond donors (Lipinski definition) is 2. The van der Waals surface area contributed by atoms with Gasteiger partial charge >= 0.3 is 0 Å². The van der Waals surface area contributed by atoms with Crippen LogP contribution in [0.1, 0.15) is 18.4 Å². The topological polar surface area (TPSA) is 52.0 Å². The fourth-order valence-corrected chi connectivity index (χ4v) is 3.43. The van der Waals surface area contributed by atoms with Crippen molar-refractivity contribution in [1.82, 2.24) is 0 Å². The molecule has 1 aromatic rings. The Hall–Kier alpha value is 0.600. The summed E-state index contributed by atoms with van der Waals surface area (Å²) in [6, 6.07) is 6.49. The van der Waals surface area contributed by atoms with Crippen molar-refractivity contribution in [2.75, 3.05) is 6.54 Å². The molecule has 0 saturated carbocycles. The van der Waals surface area contributed by atoms with E-state index in [9.17, 15) is 0 Å². The predicted molar refractivity (Wildman–Crippen MR) is 77.3 cm³/mol. The highest BCUT2D eigenvalue weighted by Crippen LogP contribution is 2.24. The minimum atomic E-state index is 0.105. The van der Waals surface area contributed by atoms with E-state index >= 15 is 0 Å². The Morgan fingerprint density at radius 2 is 2.00 bits per heavy atom. The lowest BCUT2D eigenvalue weighted by Gasteiger charge is -2.20. The highest BCUT2D eigenvalue weighted by atomic mass is 127. The summed E-state index contributed by atoms with van der Waals surface area (Å²) in [4.78, 5) is 0. The van der Waals surface area contributed by atoms with Gasteiger partial charge in [0.1, 0.15) is 0 Å². The summed E-state index contributed by atoms with van der Waals surface area (Å²) in [6.07, 6.45) is 0. The van der Waals surface area contributed by atoms with Crippen molar-refractivity contribution in [3.05, 3.63) is 30.9 Å². The van der Waals surface area contributed by atoms with E-state index in [0.29, 0.717) is 6.54 Å². The highest BCUT2D eigenvalue weighted by Gasteiger charge is 2.16. The quantitative estimate of drug-likeness (QED) is 0.744. The van der Waals surface area contributed by atoms with E-state index in [1.807, 2.05) is 6.92 Å². The van der Waals surface area contributed by atoms with Crippen LogP contribution in [0.3, 0.4) is 0 Å². The van der Waals surface area contributed by atoms with Crippen LogP contribution in [-0.2, 0) is 0 Å². The van der Waals surface area contributed by atoms with E-state index in [-0.39, 0.29) is 12.0 Å². The van der Waals surface area contributed by atoms with Crippen LogP contribution in [-0.4, -0.2) is 12.6 Å². The SMILES string of the molecule is CC(N)C(CN)c1ccc(I)cc1I. The molecule has 0 aliphatic rings. The largest absolute Gasteiger partial charge is 0.330 e. The summed E-state index contributed by atoms with van der Waals surface area (Å²) in [5.74, 6) is 0.263. The van der Waals surface area contributed by atoms with E-state index in [2.05, 4.69) is 63.4 Å². The normalized spacial score (nSPS) is 15.2. The van der Waals surface area contributed by atoms with Gasteiger partial charge in [0, 0.05) is 25.6 Å². The van der Waals surface area contributed by atoms with Crippen LogP contribution in [0.4, 0.5) is 0 Å². The van der Waals surface area contributed by atoms with Gasteiger partial charge in [0.15, 0.2) is 0 Å². The Morgan fingerprint density at radius 1 is 1.36 bits per heavy atom. The average Bonchev–Trinajstić information content (AvgIpc) is 2.09. The van der Waals surface area contributed by atoms with Gasteiger partial charge in [-0.15, -0.1) is 0 Å². The van der Waals surface area contributed by atoms with Crippen LogP contribution < -0.4 is 11.5 Å². The second-order valence-corrected chi connectivity index (χ2v) is 5.77. The molecule has 4 N–H and O–H groups in total. The Labute approximate surface area is 112 Å². The molecule has 0 spiro atoms. The van der Waals surface area contributed by atoms with Gasteiger partial charge in [0.2, 0.25) is 0 Å². The number of nitrogens with two attached hydrogens (primary N) is 2. The fourth-order valence-electron chi connectivity index (χ4n) is 1.43. The third-order valence-corrected chi connectivity index (χ3v) is 3.86. The smallest absolute Gasteiger partial charge is 0.0176 e. The van der Waals surface area contributed by atoms with Crippen molar-refractivity contribution >= 4 is 45.2 Å². The number of hydrogen-bond acceptors (Lipinski definition) is 2. The first-order valence-electron chi connectivity index (χ1n) is 4.47. The summed E-state index contributed by atoms with van der Waals surface area (Å²) in [5.41, 5.74) is 12.9. The summed E-state index contributed by atoms with van der Waals surface area (Å²) in [6.45, 7) is 2.61. The molecule has 78 valence electrons. The first-order valence-corrected chi connectivity index (χ1v) is 6.62. The zero-order valence-corrected chi connectivity index (χ0v) is 12.3. The molecule has 2 nitrogen and oxygen atoms in total. The molecular formula is C10H14I2N2. The Bertz CT molecular complexity index is 313. The van der Waals surface area contributed by atoms with Crippen LogP contribution in [0.15, 0.2) is 18.2 Å². The van der Waals surface area contributed by atoms with Gasteiger partial charge in [-0.05, 0) is 69.8 Å². The molecule has 0 radical (unpaired) electrons. The van der Waals surface area contributed by atoms with Gasteiger partial charge in [0.25, 0.3) is 0 Å². The molecule has 0 fully saturated rings. The minimum absolute atomic E-state index is 0.105. The van der Waals surface area contributed by atoms with Gasteiger partial charge in [-0.2, -0.15) is 0 Å². The van der Waals surface area contributed by atoms with Crippen LogP contribution in [0.5, 0.6) is 0 Å². The molecule has 4 heteroatoms. The summed E-state index contributed by atoms with van der Waals surface area (Å²) in [7, 11) is 0. The van der Waals surface area contributed by atoms with Crippen molar-refractivity contribution in [3.8, 4) is 0 Å². The molecule has 2 unspecified atom stereocenters. The van der Waals surface area contributed by atoms with Crippen molar-refractivity contribution in [1.29, 1.82) is 0 Å². The second kappa shape index (κ2) is 5.62. The van der Waals surface area contributed by atoms with E-state index in [1.165, 1.54) is 12.7 Å². The van der Waals surface area contributed by atoms with Crippen molar-refractivity contribution < 1.29 is 0 Å². The standard InChI is InChI=1S/C10H14I2N2/c1-6(14)9(5-13)8-3-2-7(11)4-10(8)12/h2-4,6,9H,5,13-14H2,1H3. The lowest BCUT2D eigenvalue weighted by atomic mass is 9.93. The van der Waals surface area contributed by atoms with Gasteiger partial charge in [-0.25, -0.2) is 0 Å². The summed E-state index contributed by atoms with van der Waals surface area (Å²) >= 11 is 4.65. The Morgan fingerprint density at radius 3 is 2.43 bits per heavy atom. The third-order valence-electron chi connectivity index (χ3n) is 2.25. The lowest BCUT2D eigenvalue weighted by Crippen LogP contribution is -2.31. The Kier molecular flexibility index (Phi) is 5.09. The Balaban J connectivity index is 3.04. The third kappa shape index (κ3) is 3.04. The van der Waals surface area contributed by atoms with Crippen molar-refractivity contribution in [2.45, 2.75) is 18.9 Å². The van der Waals surface area contributed by atoms with Gasteiger partial charge in [0.05, 0.1) is 0 Å². The molecular weight excluding hydrogens is 402 g/mol. The maximum Gasteiger partial charge on any atom is 0.0176 e. The first kappa shape index (κ1) is 12.7. The average molecular weight is 416 g/mol. The molecule has 1 aromatic carbocycles. The zero-order valence-electron chi connectivity index (χ0n) is 8.00. The molecule has 14 heavy (non-hydrogen) atoms. The predicted octanol–water partition coefficient (Wildman–Crippen LogP) is 2.29. The van der Waals surface area contributed by atoms with E-state index in [0.717, 1.165) is 0 Å². The molecule has 0 heterocycles. The van der Waals surface area contributed by atoms with Gasteiger partial charge in [-0.3, -0.25) is 0 Å². The highest BCUT2D eigenvalue weighted by molar-refractivity contribution is 14.1. The van der Waals surface area contributed by atoms with Crippen LogP contribution in [0.2, 0.25) is 0 Å². The van der Waals surface area contributed by atoms with E-state index < -0.39 is 0 Å². The number of rotatable bonds is 3. The van der Waals surface area contributed by atoms with Crippen LogP contribution in [0, 0.1) is 7.14 Å². The maximum absolute atomic E-state index is 5.90. The molecule has 2 atom stereocenters. The number of benzene rings is 1. The van der Waals surface area contributed by atoms with E-state index in [1.54, 1.807) is 0 Å². The lowest BCUT2D eigenvalue weighted by molar-refractivity contribution is 0.574. The molecule has 0 aliphatic carbocycles. The van der Waals surface area contributed by atoms with Crippen molar-refractivity contribution in [3.63, 3.8) is 0 Å². The summed E-state index contributed by atoms with van der Waals surface area (Å²) in [5, 5.41) is 0. The first-order chi connectivity index (χ1) is 6.56. The zero-order chi connectivity index (χ0) is 10.7. The van der Waals surface area contributed by atoms with Crippen molar-refractivity contribution in [2.24, 2.45) is 11.5 Å². The second-order valence-electron chi connectivity index (χ2n) is 3.37. The molecule has 0 aromatic heterocycles. The van der Waals surface area contributed by atoms with Gasteiger partial charge < -0.3 is 11.5 Å². The van der Waals surface area contributed by atoms with E-state index in [4.69, 9.17) is 11.5 Å². The van der Waals surface area contributed by atoms with Crippen LogP contribution >= 0.6 is 45.2 Å². The van der Waals surface area contributed by atoms with Crippen LogP contribution in [0.25, 0.3) is 0 Å². The molecule has 0 saturated heterocycles. The minimum Gasteiger partial charge on any atom is -0.330 e. The maximum atomic E-state index is 5.90. The summed E-state index contributed by atoms with van der Waals surface area (Å²) < 4.78 is 2.50. The molecule has 0 aliphatic heterocycles. The van der Waals surface area contributed by atoms with Gasteiger partial charge in [-0.1, -0.05) is 6.07 Å². The fraction of sp³-hybridized carbons (Fsp3) is 0.400. The monoisotopic (exact) mass is 416 g/mol.